The molecule has 1 saturated carbocycles. The van der Waals surface area contributed by atoms with Crippen LogP contribution in [0.25, 0.3) is 0 Å². The fourth-order valence-corrected chi connectivity index (χ4v) is 4.50. The molecule has 6 nitrogen and oxygen atoms in total. The van der Waals surface area contributed by atoms with Crippen molar-refractivity contribution in [1.29, 1.82) is 5.41 Å². The SMILES string of the molecule is N=C/C=C\NCC(=O)N1CCC[C@H](N)[C@@H]1CO[C@H]1CC[C@@H](c2ccccc2)CC1. The highest BCUT2D eigenvalue weighted by Gasteiger charge is 2.33. The molecule has 0 aromatic heterocycles. The number of rotatable bonds is 8. The third kappa shape index (κ3) is 6.15. The maximum absolute atomic E-state index is 12.6. The summed E-state index contributed by atoms with van der Waals surface area (Å²) in [5.74, 6) is 0.669. The standard InChI is InChI=1S/C23H34N4O2/c24-13-5-14-26-16-23(28)27-15-4-8-21(25)22(27)17-29-20-11-9-19(10-12-20)18-6-2-1-3-7-18/h1-3,5-7,13-14,19-22,24,26H,4,8-12,15-17,25H2/b14-5-,24-13?/t19-,20+,21-,22-/m0/s1. The molecule has 1 amide bonds. The zero-order chi connectivity index (χ0) is 20.5. The van der Waals surface area contributed by atoms with E-state index in [4.69, 9.17) is 15.9 Å². The maximum Gasteiger partial charge on any atom is 0.242 e. The Hall–Kier alpha value is -2.18. The molecule has 0 unspecified atom stereocenters. The summed E-state index contributed by atoms with van der Waals surface area (Å²) in [6.45, 7) is 1.47. The Morgan fingerprint density at radius 2 is 1.97 bits per heavy atom. The number of nitrogens with zero attached hydrogens (tertiary/aromatic N) is 1. The minimum atomic E-state index is -0.0587. The topological polar surface area (TPSA) is 91.4 Å². The van der Waals surface area contributed by atoms with E-state index in [2.05, 4.69) is 35.6 Å². The lowest BCUT2D eigenvalue weighted by atomic mass is 9.83. The van der Waals surface area contributed by atoms with Crippen molar-refractivity contribution in [2.24, 2.45) is 5.73 Å². The molecule has 2 atom stereocenters. The molecule has 1 aromatic carbocycles. The molecule has 1 aromatic rings. The quantitative estimate of drug-likeness (QED) is 0.587. The number of carbonyl (C=O) groups excluding carboxylic acids is 1. The number of piperidine rings is 1. The highest BCUT2D eigenvalue weighted by Crippen LogP contribution is 2.34. The smallest absolute Gasteiger partial charge is 0.242 e. The van der Waals surface area contributed by atoms with E-state index in [9.17, 15) is 4.79 Å². The van der Waals surface area contributed by atoms with Crippen molar-refractivity contribution in [3.63, 3.8) is 0 Å². The lowest BCUT2D eigenvalue weighted by molar-refractivity contribution is -0.137. The van der Waals surface area contributed by atoms with Crippen molar-refractivity contribution >= 4 is 12.1 Å². The van der Waals surface area contributed by atoms with Gasteiger partial charge in [-0.3, -0.25) is 4.79 Å². The van der Waals surface area contributed by atoms with E-state index in [1.54, 1.807) is 12.3 Å². The summed E-state index contributed by atoms with van der Waals surface area (Å²) in [5.41, 5.74) is 7.79. The van der Waals surface area contributed by atoms with Crippen LogP contribution in [0.2, 0.25) is 0 Å². The molecule has 29 heavy (non-hydrogen) atoms. The predicted octanol–water partition coefficient (Wildman–Crippen LogP) is 2.80. The van der Waals surface area contributed by atoms with Crippen LogP contribution >= 0.6 is 0 Å². The average molecular weight is 399 g/mol. The van der Waals surface area contributed by atoms with Crippen LogP contribution in [-0.2, 0) is 9.53 Å². The molecule has 158 valence electrons. The molecule has 4 N–H and O–H groups in total. The summed E-state index contributed by atoms with van der Waals surface area (Å²) in [7, 11) is 0. The normalized spacial score (nSPS) is 27.7. The van der Waals surface area contributed by atoms with Gasteiger partial charge in [0.15, 0.2) is 0 Å². The van der Waals surface area contributed by atoms with E-state index in [0.29, 0.717) is 12.5 Å². The van der Waals surface area contributed by atoms with Crippen LogP contribution in [-0.4, -0.2) is 54.9 Å². The van der Waals surface area contributed by atoms with Crippen molar-refractivity contribution in [3.05, 3.63) is 48.2 Å². The fraction of sp³-hybridized carbons (Fsp3) is 0.565. The van der Waals surface area contributed by atoms with Crippen molar-refractivity contribution in [2.75, 3.05) is 19.7 Å². The first-order valence-electron chi connectivity index (χ1n) is 10.8. The van der Waals surface area contributed by atoms with E-state index in [0.717, 1.165) is 45.1 Å². The van der Waals surface area contributed by atoms with E-state index >= 15 is 0 Å². The number of likely N-dealkylation sites (tertiary alicyclic amines) is 1. The number of allylic oxidation sites excluding steroid dienone is 1. The van der Waals surface area contributed by atoms with Gasteiger partial charge in [0.2, 0.25) is 5.91 Å². The molecule has 6 heteroatoms. The third-order valence-electron chi connectivity index (χ3n) is 6.16. The summed E-state index contributed by atoms with van der Waals surface area (Å²) in [6.07, 6.45) is 10.9. The molecule has 2 fully saturated rings. The Labute approximate surface area is 174 Å². The van der Waals surface area contributed by atoms with Crippen LogP contribution in [0.1, 0.15) is 50.0 Å². The largest absolute Gasteiger partial charge is 0.382 e. The van der Waals surface area contributed by atoms with Gasteiger partial charge in [0.1, 0.15) is 0 Å². The average Bonchev–Trinajstić information content (AvgIpc) is 2.76. The number of hydrogen-bond acceptors (Lipinski definition) is 5. The predicted molar refractivity (Wildman–Crippen MR) is 116 cm³/mol. The zero-order valence-corrected chi connectivity index (χ0v) is 17.1. The Kier molecular flexibility index (Phi) is 8.25. The summed E-state index contributed by atoms with van der Waals surface area (Å²) in [6, 6.07) is 10.7. The van der Waals surface area contributed by atoms with Crippen LogP contribution in [0, 0.1) is 5.41 Å². The van der Waals surface area contributed by atoms with Crippen molar-refractivity contribution in [2.45, 2.75) is 62.6 Å². The van der Waals surface area contributed by atoms with E-state index < -0.39 is 0 Å². The van der Waals surface area contributed by atoms with E-state index in [-0.39, 0.29) is 30.6 Å². The Bertz CT molecular complexity index is 671. The van der Waals surface area contributed by atoms with Gasteiger partial charge in [0, 0.05) is 18.8 Å². The van der Waals surface area contributed by atoms with E-state index in [1.165, 1.54) is 11.8 Å². The molecule has 3 rings (SSSR count). The monoisotopic (exact) mass is 398 g/mol. The van der Waals surface area contributed by atoms with Gasteiger partial charge in [-0.2, -0.15) is 0 Å². The third-order valence-corrected chi connectivity index (χ3v) is 6.16. The second-order valence-corrected chi connectivity index (χ2v) is 8.08. The summed E-state index contributed by atoms with van der Waals surface area (Å²) >= 11 is 0. The molecular weight excluding hydrogens is 364 g/mol. The highest BCUT2D eigenvalue weighted by molar-refractivity contribution is 5.79. The van der Waals surface area contributed by atoms with Gasteiger partial charge in [-0.1, -0.05) is 30.3 Å². The van der Waals surface area contributed by atoms with Gasteiger partial charge in [0.25, 0.3) is 0 Å². The number of hydrogen-bond donors (Lipinski definition) is 3. The van der Waals surface area contributed by atoms with Crippen molar-refractivity contribution < 1.29 is 9.53 Å². The Morgan fingerprint density at radius 3 is 2.69 bits per heavy atom. The second kappa shape index (κ2) is 11.1. The first kappa shape index (κ1) is 21.5. The summed E-state index contributed by atoms with van der Waals surface area (Å²) < 4.78 is 6.26. The number of nitrogens with two attached hydrogens (primary N) is 1. The van der Waals surface area contributed by atoms with Crippen LogP contribution in [0.3, 0.4) is 0 Å². The molecule has 1 heterocycles. The second-order valence-electron chi connectivity index (χ2n) is 8.08. The minimum absolute atomic E-state index is 0.0366. The van der Waals surface area contributed by atoms with Crippen molar-refractivity contribution in [3.8, 4) is 0 Å². The summed E-state index contributed by atoms with van der Waals surface area (Å²) in [5, 5.41) is 9.92. The highest BCUT2D eigenvalue weighted by atomic mass is 16.5. The number of ether oxygens (including phenoxy) is 1. The maximum atomic E-state index is 12.6. The molecular formula is C23H34N4O2. The molecule has 1 aliphatic carbocycles. The lowest BCUT2D eigenvalue weighted by Gasteiger charge is -2.40. The van der Waals surface area contributed by atoms with E-state index in [1.807, 2.05) is 4.90 Å². The van der Waals surface area contributed by atoms with Gasteiger partial charge < -0.3 is 26.1 Å². The first-order valence-corrected chi connectivity index (χ1v) is 10.8. The van der Waals surface area contributed by atoms with Crippen LogP contribution in [0.15, 0.2) is 42.6 Å². The first-order chi connectivity index (χ1) is 14.2. The summed E-state index contributed by atoms with van der Waals surface area (Å²) in [4.78, 5) is 14.5. The lowest BCUT2D eigenvalue weighted by Crippen LogP contribution is -2.58. The number of carbonyl (C=O) groups is 1. The Balaban J connectivity index is 1.47. The molecule has 1 saturated heterocycles. The molecule has 0 bridgehead atoms. The molecule has 0 radical (unpaired) electrons. The fourth-order valence-electron chi connectivity index (χ4n) is 4.50. The van der Waals surface area contributed by atoms with Gasteiger partial charge in [0.05, 0.1) is 25.3 Å². The van der Waals surface area contributed by atoms with Crippen LogP contribution in [0.5, 0.6) is 0 Å². The van der Waals surface area contributed by atoms with Crippen LogP contribution in [0.4, 0.5) is 0 Å². The minimum Gasteiger partial charge on any atom is -0.382 e. The van der Waals surface area contributed by atoms with Gasteiger partial charge in [-0.15, -0.1) is 0 Å². The zero-order valence-electron chi connectivity index (χ0n) is 17.1. The Morgan fingerprint density at radius 1 is 1.21 bits per heavy atom. The number of benzene rings is 1. The van der Waals surface area contributed by atoms with Crippen molar-refractivity contribution in [1.82, 2.24) is 10.2 Å². The molecule has 1 aliphatic heterocycles. The molecule has 0 spiro atoms. The number of nitrogens with one attached hydrogen (secondary N) is 2. The van der Waals surface area contributed by atoms with Gasteiger partial charge in [-0.05, 0) is 62.3 Å². The van der Waals surface area contributed by atoms with Crippen LogP contribution < -0.4 is 11.1 Å². The molecule has 2 aliphatic rings. The van der Waals surface area contributed by atoms with Gasteiger partial charge >= 0.3 is 0 Å². The van der Waals surface area contributed by atoms with Gasteiger partial charge in [-0.25, -0.2) is 0 Å². The number of amides is 1.